The zero-order valence-electron chi connectivity index (χ0n) is 22.3. The maximum absolute atomic E-state index is 13.2. The van der Waals surface area contributed by atoms with Crippen LogP contribution < -0.4 is 10.2 Å². The number of amides is 1. The minimum absolute atomic E-state index is 0.0494. The first kappa shape index (κ1) is 26.4. The summed E-state index contributed by atoms with van der Waals surface area (Å²) in [5, 5.41) is 2.93. The molecule has 2 aliphatic rings. The summed E-state index contributed by atoms with van der Waals surface area (Å²) in [5.74, 6) is 1.86. The van der Waals surface area contributed by atoms with E-state index in [2.05, 4.69) is 24.8 Å². The highest BCUT2D eigenvalue weighted by atomic mass is 32.2. The van der Waals surface area contributed by atoms with Crippen LogP contribution in [0.5, 0.6) is 0 Å². The molecule has 1 atom stereocenters. The van der Waals surface area contributed by atoms with Gasteiger partial charge in [0.25, 0.3) is 5.91 Å². The van der Waals surface area contributed by atoms with Crippen molar-refractivity contribution in [1.82, 2.24) is 24.8 Å². The van der Waals surface area contributed by atoms with Crippen LogP contribution in [0, 0.1) is 11.7 Å². The molecule has 1 aliphatic carbocycles. The van der Waals surface area contributed by atoms with Gasteiger partial charge in [0.1, 0.15) is 5.82 Å². The van der Waals surface area contributed by atoms with E-state index in [4.69, 9.17) is 4.98 Å². The number of halogens is 1. The monoisotopic (exact) mass is 562 g/mol. The second-order valence-corrected chi connectivity index (χ2v) is 12.9. The highest BCUT2D eigenvalue weighted by Crippen LogP contribution is 2.41. The molecule has 40 heavy (non-hydrogen) atoms. The molecule has 0 unspecified atom stereocenters. The Morgan fingerprint density at radius 1 is 1.07 bits per heavy atom. The third kappa shape index (κ3) is 5.42. The minimum atomic E-state index is -3.25. The Balaban J connectivity index is 1.15. The Bertz CT molecular complexity index is 1650. The molecule has 4 aromatic rings. The first-order valence-corrected chi connectivity index (χ1v) is 15.3. The van der Waals surface area contributed by atoms with E-state index in [9.17, 15) is 17.6 Å². The molecule has 6 rings (SSSR count). The van der Waals surface area contributed by atoms with E-state index < -0.39 is 15.7 Å². The quantitative estimate of drug-likeness (QED) is 0.327. The lowest BCUT2D eigenvalue weighted by Gasteiger charge is -2.17. The number of sulfone groups is 1. The average Bonchev–Trinajstić information content (AvgIpc) is 3.61. The smallest absolute Gasteiger partial charge is 0.251 e. The molecule has 0 bridgehead atoms. The van der Waals surface area contributed by atoms with Gasteiger partial charge in [0, 0.05) is 37.7 Å². The third-order valence-electron chi connectivity index (χ3n) is 7.71. The predicted molar refractivity (Wildman–Crippen MR) is 149 cm³/mol. The first-order chi connectivity index (χ1) is 19.3. The topological polar surface area (TPSA) is 110 Å². The summed E-state index contributed by atoms with van der Waals surface area (Å²) in [6.45, 7) is 4.34. The summed E-state index contributed by atoms with van der Waals surface area (Å²) in [6.07, 6.45) is 5.63. The molecule has 2 aromatic carbocycles. The normalized spacial score (nSPS) is 17.4. The number of nitrogens with zero attached hydrogens (tertiary/aromatic N) is 5. The van der Waals surface area contributed by atoms with Crippen LogP contribution >= 0.6 is 0 Å². The van der Waals surface area contributed by atoms with Gasteiger partial charge < -0.3 is 14.8 Å². The van der Waals surface area contributed by atoms with E-state index in [1.54, 1.807) is 31.2 Å². The van der Waals surface area contributed by atoms with Gasteiger partial charge in [0.05, 0.1) is 34.1 Å². The summed E-state index contributed by atoms with van der Waals surface area (Å²) < 4.78 is 39.6. The van der Waals surface area contributed by atoms with E-state index in [1.165, 1.54) is 12.4 Å². The Kier molecular flexibility index (Phi) is 6.99. The van der Waals surface area contributed by atoms with Gasteiger partial charge in [-0.2, -0.15) is 0 Å². The number of benzene rings is 2. The van der Waals surface area contributed by atoms with Crippen molar-refractivity contribution in [2.75, 3.05) is 23.7 Å². The lowest BCUT2D eigenvalue weighted by atomic mass is 10.1. The molecule has 3 heterocycles. The summed E-state index contributed by atoms with van der Waals surface area (Å²) in [7, 11) is -3.25. The van der Waals surface area contributed by atoms with Gasteiger partial charge in [0.2, 0.25) is 5.95 Å². The number of anilines is 1. The Morgan fingerprint density at radius 2 is 1.82 bits per heavy atom. The summed E-state index contributed by atoms with van der Waals surface area (Å²) in [5.41, 5.74) is 3.18. The largest absolute Gasteiger partial charge is 0.348 e. The van der Waals surface area contributed by atoms with Gasteiger partial charge in [-0.1, -0.05) is 19.1 Å². The number of carbonyl (C=O) groups is 1. The lowest BCUT2D eigenvalue weighted by Crippen LogP contribution is -2.23. The molecule has 1 aliphatic heterocycles. The number of imidazole rings is 1. The third-order valence-corrected chi connectivity index (χ3v) is 9.46. The first-order valence-electron chi connectivity index (χ1n) is 13.6. The highest BCUT2D eigenvalue weighted by Gasteiger charge is 2.32. The van der Waals surface area contributed by atoms with E-state index in [0.29, 0.717) is 29.9 Å². The molecule has 1 saturated heterocycles. The molecule has 0 spiro atoms. The van der Waals surface area contributed by atoms with E-state index in [0.717, 1.165) is 61.3 Å². The zero-order chi connectivity index (χ0) is 27.9. The van der Waals surface area contributed by atoms with E-state index in [1.807, 2.05) is 18.2 Å². The van der Waals surface area contributed by atoms with Crippen molar-refractivity contribution in [2.45, 2.75) is 50.1 Å². The molecular weight excluding hydrogens is 531 g/mol. The van der Waals surface area contributed by atoms with Gasteiger partial charge >= 0.3 is 0 Å². The number of nitrogens with one attached hydrogen (secondary N) is 1. The molecule has 11 heteroatoms. The lowest BCUT2D eigenvalue weighted by molar-refractivity contribution is 0.0951. The Hall–Kier alpha value is -3.86. The molecule has 1 amide bonds. The van der Waals surface area contributed by atoms with Crippen molar-refractivity contribution < 1.29 is 17.6 Å². The summed E-state index contributed by atoms with van der Waals surface area (Å²) in [6, 6.07) is 12.3. The number of rotatable bonds is 9. The number of fused-ring (bicyclic) bond motifs is 1. The summed E-state index contributed by atoms with van der Waals surface area (Å²) >= 11 is 0. The van der Waals surface area contributed by atoms with Crippen LogP contribution in [0.2, 0.25) is 0 Å². The van der Waals surface area contributed by atoms with Crippen LogP contribution in [0.25, 0.3) is 11.0 Å². The maximum atomic E-state index is 13.2. The number of carbonyl (C=O) groups excluding carboxylic acids is 1. The SMILES string of the molecule is CCS(=O)(=O)c1ccc(CNC(=O)c2ccc3c(c2)nc(C2CC2)n3C[C@H]2CCN(c3ncc(F)cn3)C2)cc1. The summed E-state index contributed by atoms with van der Waals surface area (Å²) in [4.78, 5) is 28.6. The van der Waals surface area contributed by atoms with Crippen molar-refractivity contribution in [3.63, 3.8) is 0 Å². The van der Waals surface area contributed by atoms with Crippen LogP contribution in [0.4, 0.5) is 10.3 Å². The fourth-order valence-corrected chi connectivity index (χ4v) is 6.17. The molecule has 208 valence electrons. The van der Waals surface area contributed by atoms with Gasteiger partial charge in [-0.3, -0.25) is 4.79 Å². The Labute approximate surface area is 232 Å². The second-order valence-electron chi connectivity index (χ2n) is 10.6. The Morgan fingerprint density at radius 3 is 2.52 bits per heavy atom. The van der Waals surface area contributed by atoms with E-state index >= 15 is 0 Å². The van der Waals surface area contributed by atoms with Gasteiger partial charge in [-0.05, 0) is 61.1 Å². The number of aromatic nitrogens is 4. The van der Waals surface area contributed by atoms with Crippen LogP contribution in [0.15, 0.2) is 59.8 Å². The van der Waals surface area contributed by atoms with Crippen LogP contribution in [-0.2, 0) is 22.9 Å². The van der Waals surface area contributed by atoms with Crippen molar-refractivity contribution in [2.24, 2.45) is 5.92 Å². The standard InChI is InChI=1S/C29H31FN6O3S/c1-2-40(38,39)24-8-3-19(4-9-24)14-31-28(37)22-7-10-26-25(13-22)34-27(21-5-6-21)36(26)18-20-11-12-35(17-20)29-32-15-23(30)16-33-29/h3-4,7-10,13,15-16,20-21H,2,5-6,11-12,14,17-18H2,1H3,(H,31,37)/t20-/m0/s1. The molecule has 1 N–H and O–H groups in total. The number of hydrogen-bond acceptors (Lipinski definition) is 7. The van der Waals surface area contributed by atoms with Crippen molar-refractivity contribution in [3.05, 3.63) is 77.6 Å². The van der Waals surface area contributed by atoms with Crippen molar-refractivity contribution >= 4 is 32.7 Å². The zero-order valence-corrected chi connectivity index (χ0v) is 23.1. The number of hydrogen-bond donors (Lipinski definition) is 1. The van der Waals surface area contributed by atoms with Crippen molar-refractivity contribution in [3.8, 4) is 0 Å². The maximum Gasteiger partial charge on any atom is 0.251 e. The van der Waals surface area contributed by atoms with E-state index in [-0.39, 0.29) is 16.6 Å². The van der Waals surface area contributed by atoms with Crippen molar-refractivity contribution in [1.29, 1.82) is 0 Å². The second kappa shape index (κ2) is 10.6. The predicted octanol–water partition coefficient (Wildman–Crippen LogP) is 4.09. The van der Waals surface area contributed by atoms with Gasteiger partial charge in [-0.25, -0.2) is 27.8 Å². The van der Waals surface area contributed by atoms with Crippen LogP contribution in [0.3, 0.4) is 0 Å². The van der Waals surface area contributed by atoms with Crippen LogP contribution in [-0.4, -0.2) is 52.7 Å². The average molecular weight is 563 g/mol. The molecule has 9 nitrogen and oxygen atoms in total. The highest BCUT2D eigenvalue weighted by molar-refractivity contribution is 7.91. The molecule has 0 radical (unpaired) electrons. The molecule has 2 aromatic heterocycles. The van der Waals surface area contributed by atoms with Gasteiger partial charge in [-0.15, -0.1) is 0 Å². The minimum Gasteiger partial charge on any atom is -0.348 e. The van der Waals surface area contributed by atoms with Crippen LogP contribution in [0.1, 0.15) is 53.8 Å². The fourth-order valence-electron chi connectivity index (χ4n) is 5.29. The molecule has 1 saturated carbocycles. The molecule has 2 fully saturated rings. The van der Waals surface area contributed by atoms with Gasteiger partial charge in [0.15, 0.2) is 15.7 Å². The fraction of sp³-hybridized carbons (Fsp3) is 0.379. The molecular formula is C29H31FN6O3S.